The first-order valence-corrected chi connectivity index (χ1v) is 13.7. The summed E-state index contributed by atoms with van der Waals surface area (Å²) in [7, 11) is -5.62. The van der Waals surface area contributed by atoms with Crippen LogP contribution in [0.1, 0.15) is 22.3 Å². The summed E-state index contributed by atoms with van der Waals surface area (Å²) in [4.78, 5) is 25.5. The van der Waals surface area contributed by atoms with E-state index in [2.05, 4.69) is 4.72 Å². The van der Waals surface area contributed by atoms with Gasteiger partial charge in [-0.2, -0.15) is 0 Å². The van der Waals surface area contributed by atoms with Crippen LogP contribution in [0.4, 0.5) is 4.39 Å². The number of amides is 1. The van der Waals surface area contributed by atoms with Gasteiger partial charge in [0.1, 0.15) is 5.82 Å². The molecule has 3 rings (SSSR count). The number of benzene rings is 2. The largest absolute Gasteiger partial charge is 0.452 e. The van der Waals surface area contributed by atoms with Crippen LogP contribution in [-0.4, -0.2) is 64.8 Å². The van der Waals surface area contributed by atoms with Crippen molar-refractivity contribution in [3.8, 4) is 0 Å². The highest BCUT2D eigenvalue weighted by molar-refractivity contribution is 7.91. The van der Waals surface area contributed by atoms with Crippen molar-refractivity contribution in [2.45, 2.75) is 23.9 Å². The maximum Gasteiger partial charge on any atom is 0.338 e. The van der Waals surface area contributed by atoms with Gasteiger partial charge in [-0.3, -0.25) is 4.79 Å². The molecular formula is C21H22ClFN2O7S2. The number of carbonyl (C=O) groups excluding carboxylic acids is 2. The minimum absolute atomic E-state index is 0.0230. The third kappa shape index (κ3) is 6.53. The van der Waals surface area contributed by atoms with Crippen molar-refractivity contribution in [1.29, 1.82) is 0 Å². The number of nitrogens with zero attached hydrogens (tertiary/aromatic N) is 1. The zero-order chi connectivity index (χ0) is 25.1. The van der Waals surface area contributed by atoms with E-state index in [1.165, 1.54) is 36.2 Å². The van der Waals surface area contributed by atoms with Crippen LogP contribution in [0.2, 0.25) is 5.02 Å². The number of sulfone groups is 1. The summed E-state index contributed by atoms with van der Waals surface area (Å²) in [5.74, 6) is -2.09. The molecule has 1 saturated heterocycles. The predicted octanol–water partition coefficient (Wildman–Crippen LogP) is 1.76. The predicted molar refractivity (Wildman–Crippen MR) is 122 cm³/mol. The average Bonchev–Trinajstić information content (AvgIpc) is 3.17. The van der Waals surface area contributed by atoms with Gasteiger partial charge in [0, 0.05) is 19.6 Å². The number of sulfonamides is 1. The summed E-state index contributed by atoms with van der Waals surface area (Å²) in [6.45, 7) is -0.631. The summed E-state index contributed by atoms with van der Waals surface area (Å²) in [5.41, 5.74) is 0.683. The van der Waals surface area contributed by atoms with Crippen LogP contribution >= 0.6 is 11.6 Å². The lowest BCUT2D eigenvalue weighted by Gasteiger charge is -2.23. The van der Waals surface area contributed by atoms with E-state index in [9.17, 15) is 30.8 Å². The molecule has 1 heterocycles. The van der Waals surface area contributed by atoms with E-state index in [0.717, 1.165) is 18.2 Å². The molecule has 2 aromatic rings. The Morgan fingerprint density at radius 3 is 2.47 bits per heavy atom. The molecule has 0 bridgehead atoms. The molecule has 9 nitrogen and oxygen atoms in total. The number of carbonyl (C=O) groups is 2. The molecule has 184 valence electrons. The Morgan fingerprint density at radius 1 is 1.21 bits per heavy atom. The number of rotatable bonds is 8. The van der Waals surface area contributed by atoms with E-state index in [1.54, 1.807) is 0 Å². The van der Waals surface area contributed by atoms with E-state index >= 15 is 0 Å². The van der Waals surface area contributed by atoms with Crippen LogP contribution in [0.3, 0.4) is 0 Å². The Hall–Kier alpha value is -2.54. The fraction of sp³-hybridized carbons (Fsp3) is 0.333. The molecule has 0 aromatic heterocycles. The van der Waals surface area contributed by atoms with Crippen LogP contribution in [0.25, 0.3) is 0 Å². The highest BCUT2D eigenvalue weighted by Gasteiger charge is 2.33. The number of ether oxygens (including phenoxy) is 1. The standard InChI is InChI=1S/C21H22ClFN2O7S2/c1-25(16-8-9-33(28,29)13-16)20(26)12-32-21(27)15-4-2-14(3-5-15)11-24-34(30,31)17-6-7-19(23)18(22)10-17/h2-7,10,16,24H,8-9,11-13H2,1H3/t16-/m0/s1. The summed E-state index contributed by atoms with van der Waals surface area (Å²) < 4.78 is 68.4. The summed E-state index contributed by atoms with van der Waals surface area (Å²) in [5, 5.41) is -0.316. The Kier molecular flexibility index (Phi) is 7.96. The molecule has 0 unspecified atom stereocenters. The van der Waals surface area contributed by atoms with Crippen molar-refractivity contribution in [2.75, 3.05) is 25.2 Å². The lowest BCUT2D eigenvalue weighted by Crippen LogP contribution is -2.40. The van der Waals surface area contributed by atoms with Gasteiger partial charge in [-0.15, -0.1) is 0 Å². The van der Waals surface area contributed by atoms with Crippen molar-refractivity contribution in [3.63, 3.8) is 0 Å². The van der Waals surface area contributed by atoms with Gasteiger partial charge < -0.3 is 9.64 Å². The lowest BCUT2D eigenvalue weighted by molar-refractivity contribution is -0.134. The fourth-order valence-electron chi connectivity index (χ4n) is 3.26. The number of nitrogens with one attached hydrogen (secondary N) is 1. The molecule has 1 atom stereocenters. The van der Waals surface area contributed by atoms with Crippen LogP contribution < -0.4 is 4.72 Å². The van der Waals surface area contributed by atoms with Gasteiger partial charge in [-0.1, -0.05) is 23.7 Å². The first-order valence-electron chi connectivity index (χ1n) is 10.0. The molecule has 2 aromatic carbocycles. The third-order valence-electron chi connectivity index (χ3n) is 5.33. The van der Waals surface area contributed by atoms with E-state index in [1.807, 2.05) is 0 Å². The van der Waals surface area contributed by atoms with Crippen molar-refractivity contribution < 1.29 is 35.6 Å². The fourth-order valence-corrected chi connectivity index (χ4v) is 6.32. The second kappa shape index (κ2) is 10.4. The third-order valence-corrected chi connectivity index (χ3v) is 8.77. The molecule has 0 aliphatic carbocycles. The van der Waals surface area contributed by atoms with E-state index in [4.69, 9.17) is 16.3 Å². The maximum atomic E-state index is 13.2. The van der Waals surface area contributed by atoms with Gasteiger partial charge >= 0.3 is 5.97 Å². The smallest absolute Gasteiger partial charge is 0.338 e. The SMILES string of the molecule is CN(C(=O)COC(=O)c1ccc(CNS(=O)(=O)c2ccc(F)c(Cl)c2)cc1)[C@H]1CCS(=O)(=O)C1. The number of halogens is 2. The summed E-state index contributed by atoms with van der Waals surface area (Å²) in [6.07, 6.45) is 0.345. The van der Waals surface area contributed by atoms with Gasteiger partial charge in [-0.25, -0.2) is 30.7 Å². The molecule has 0 saturated carbocycles. The van der Waals surface area contributed by atoms with Gasteiger partial charge in [0.15, 0.2) is 16.4 Å². The monoisotopic (exact) mass is 532 g/mol. The van der Waals surface area contributed by atoms with E-state index in [0.29, 0.717) is 12.0 Å². The molecule has 1 fully saturated rings. The lowest BCUT2D eigenvalue weighted by atomic mass is 10.1. The van der Waals surface area contributed by atoms with Gasteiger partial charge in [-0.05, 0) is 42.3 Å². The first-order chi connectivity index (χ1) is 15.9. The molecule has 0 radical (unpaired) electrons. The summed E-state index contributed by atoms with van der Waals surface area (Å²) in [6, 6.07) is 8.45. The zero-order valence-electron chi connectivity index (χ0n) is 18.0. The highest BCUT2D eigenvalue weighted by Crippen LogP contribution is 2.20. The van der Waals surface area contributed by atoms with Crippen LogP contribution in [0.15, 0.2) is 47.4 Å². The Labute approximate surface area is 201 Å². The topological polar surface area (TPSA) is 127 Å². The molecule has 13 heteroatoms. The Balaban J connectivity index is 1.52. The molecule has 34 heavy (non-hydrogen) atoms. The highest BCUT2D eigenvalue weighted by atomic mass is 35.5. The molecule has 0 spiro atoms. The summed E-state index contributed by atoms with van der Waals surface area (Å²) >= 11 is 5.63. The Morgan fingerprint density at radius 2 is 1.88 bits per heavy atom. The Bertz CT molecular complexity index is 1300. The van der Waals surface area contributed by atoms with Crippen molar-refractivity contribution in [2.24, 2.45) is 0 Å². The first kappa shape index (κ1) is 26.1. The number of hydrogen-bond acceptors (Lipinski definition) is 7. The minimum atomic E-state index is -3.94. The van der Waals surface area contributed by atoms with E-state index < -0.39 is 50.2 Å². The average molecular weight is 533 g/mol. The second-order valence-electron chi connectivity index (χ2n) is 7.74. The number of likely N-dealkylation sites (N-methyl/N-ethyl adjacent to an activating group) is 1. The van der Waals surface area contributed by atoms with Crippen LogP contribution in [0, 0.1) is 5.82 Å². The van der Waals surface area contributed by atoms with Crippen molar-refractivity contribution >= 4 is 43.3 Å². The second-order valence-corrected chi connectivity index (χ2v) is 12.1. The van der Waals surface area contributed by atoms with Gasteiger partial charge in [0.05, 0.1) is 27.0 Å². The molecule has 1 aliphatic rings. The van der Waals surface area contributed by atoms with Crippen LogP contribution in [-0.2, 0) is 35.9 Å². The number of hydrogen-bond donors (Lipinski definition) is 1. The van der Waals surface area contributed by atoms with Crippen molar-refractivity contribution in [3.05, 3.63) is 64.4 Å². The minimum Gasteiger partial charge on any atom is -0.452 e. The maximum absolute atomic E-state index is 13.2. The quantitative estimate of drug-likeness (QED) is 0.513. The van der Waals surface area contributed by atoms with Crippen molar-refractivity contribution in [1.82, 2.24) is 9.62 Å². The molecular weight excluding hydrogens is 511 g/mol. The van der Waals surface area contributed by atoms with Crippen LogP contribution in [0.5, 0.6) is 0 Å². The van der Waals surface area contributed by atoms with Gasteiger partial charge in [0.25, 0.3) is 5.91 Å². The molecule has 1 aliphatic heterocycles. The molecule has 1 N–H and O–H groups in total. The molecule has 1 amide bonds. The van der Waals surface area contributed by atoms with Gasteiger partial charge in [0.2, 0.25) is 10.0 Å². The van der Waals surface area contributed by atoms with E-state index in [-0.39, 0.29) is 33.5 Å². The zero-order valence-corrected chi connectivity index (χ0v) is 20.4. The normalized spacial score (nSPS) is 17.3. The number of esters is 1.